The zero-order valence-electron chi connectivity index (χ0n) is 13.7. The van der Waals surface area contributed by atoms with Gasteiger partial charge in [-0.15, -0.1) is 0 Å². The minimum absolute atomic E-state index is 0.0397. The highest BCUT2D eigenvalue weighted by atomic mass is 35.5. The first kappa shape index (κ1) is 16.5. The molecule has 0 aliphatic rings. The van der Waals surface area contributed by atoms with E-state index in [0.29, 0.717) is 11.4 Å². The number of aryl methyl sites for hydroxylation is 1. The van der Waals surface area contributed by atoms with E-state index in [4.69, 9.17) is 16.3 Å². The number of hydrogen-bond donors (Lipinski definition) is 0. The minimum Gasteiger partial charge on any atom is -0.492 e. The lowest BCUT2D eigenvalue weighted by Crippen LogP contribution is -2.10. The van der Waals surface area contributed by atoms with Crippen LogP contribution >= 0.6 is 11.6 Å². The van der Waals surface area contributed by atoms with Crippen molar-refractivity contribution < 1.29 is 9.13 Å². The van der Waals surface area contributed by atoms with Crippen molar-refractivity contribution in [2.24, 2.45) is 7.05 Å². The second-order valence-electron chi connectivity index (χ2n) is 5.50. The second kappa shape index (κ2) is 6.65. The number of methoxy groups -OCH3 is 1. The molecule has 0 amide bonds. The summed E-state index contributed by atoms with van der Waals surface area (Å²) in [6.07, 6.45) is 8.23. The van der Waals surface area contributed by atoms with Crippen LogP contribution in [0.1, 0.15) is 24.9 Å². The Bertz CT molecular complexity index is 835. The zero-order valence-corrected chi connectivity index (χ0v) is 14.5. The fraction of sp³-hybridized carbons (Fsp3) is 0.294. The van der Waals surface area contributed by atoms with Crippen molar-refractivity contribution in [3.05, 3.63) is 53.3 Å². The quantitative estimate of drug-likeness (QED) is 0.697. The van der Waals surface area contributed by atoms with Crippen LogP contribution in [0, 0.1) is 5.82 Å². The summed E-state index contributed by atoms with van der Waals surface area (Å²) in [5.41, 5.74) is 1.67. The summed E-state index contributed by atoms with van der Waals surface area (Å²) in [6.45, 7) is 2.09. The monoisotopic (exact) mass is 348 g/mol. The number of nitrogens with zero attached hydrogens (tertiary/aromatic N) is 4. The Labute approximate surface area is 144 Å². The maximum absolute atomic E-state index is 14.2. The van der Waals surface area contributed by atoms with Crippen LogP contribution in [0.2, 0.25) is 5.02 Å². The van der Waals surface area contributed by atoms with Crippen molar-refractivity contribution in [1.82, 2.24) is 19.3 Å². The van der Waals surface area contributed by atoms with E-state index in [2.05, 4.69) is 17.0 Å². The maximum atomic E-state index is 14.2. The molecule has 0 bridgehead atoms. The third kappa shape index (κ3) is 2.89. The lowest BCUT2D eigenvalue weighted by molar-refractivity contribution is 0.387. The van der Waals surface area contributed by atoms with E-state index in [9.17, 15) is 4.39 Å². The molecule has 1 atom stereocenters. The number of aromatic nitrogens is 4. The van der Waals surface area contributed by atoms with E-state index in [1.807, 2.05) is 30.2 Å². The highest BCUT2D eigenvalue weighted by molar-refractivity contribution is 6.32. The van der Waals surface area contributed by atoms with Gasteiger partial charge in [-0.2, -0.15) is 5.10 Å². The molecular weight excluding hydrogens is 331 g/mol. The highest BCUT2D eigenvalue weighted by Gasteiger charge is 2.19. The smallest absolute Gasteiger partial charge is 0.173 e. The van der Waals surface area contributed by atoms with Crippen LogP contribution in [-0.2, 0) is 7.05 Å². The van der Waals surface area contributed by atoms with E-state index in [1.54, 1.807) is 16.9 Å². The lowest BCUT2D eigenvalue weighted by atomic mass is 10.1. The van der Waals surface area contributed by atoms with Crippen molar-refractivity contribution in [2.45, 2.75) is 19.4 Å². The molecule has 0 saturated carbocycles. The third-order valence-electron chi connectivity index (χ3n) is 3.96. The Kier molecular flexibility index (Phi) is 4.57. The number of benzene rings is 1. The van der Waals surface area contributed by atoms with Crippen LogP contribution in [0.5, 0.6) is 5.75 Å². The molecule has 1 aromatic carbocycles. The molecule has 0 fully saturated rings. The molecule has 0 aliphatic carbocycles. The van der Waals surface area contributed by atoms with Gasteiger partial charge in [0, 0.05) is 36.8 Å². The van der Waals surface area contributed by atoms with Crippen LogP contribution in [-0.4, -0.2) is 26.4 Å². The average molecular weight is 349 g/mol. The Morgan fingerprint density at radius 1 is 1.38 bits per heavy atom. The Morgan fingerprint density at radius 2 is 2.17 bits per heavy atom. The first-order chi connectivity index (χ1) is 11.5. The van der Waals surface area contributed by atoms with Crippen LogP contribution < -0.4 is 4.74 Å². The first-order valence-corrected chi connectivity index (χ1v) is 7.97. The van der Waals surface area contributed by atoms with Crippen LogP contribution in [0.3, 0.4) is 0 Å². The number of halogens is 2. The molecule has 5 nitrogen and oxygen atoms in total. The predicted molar refractivity (Wildman–Crippen MR) is 90.8 cm³/mol. The molecule has 24 heavy (non-hydrogen) atoms. The minimum atomic E-state index is -0.510. The molecule has 126 valence electrons. The lowest BCUT2D eigenvalue weighted by Gasteiger charge is -2.18. The number of imidazole rings is 1. The third-order valence-corrected chi connectivity index (χ3v) is 4.24. The molecule has 0 N–H and O–H groups in total. The van der Waals surface area contributed by atoms with E-state index in [0.717, 1.165) is 12.0 Å². The topological polar surface area (TPSA) is 44.9 Å². The van der Waals surface area contributed by atoms with Gasteiger partial charge in [-0.05, 0) is 18.6 Å². The molecule has 2 heterocycles. The van der Waals surface area contributed by atoms with Gasteiger partial charge in [0.05, 0.1) is 24.4 Å². The van der Waals surface area contributed by atoms with Gasteiger partial charge in [-0.1, -0.05) is 18.5 Å². The summed E-state index contributed by atoms with van der Waals surface area (Å²) in [5.74, 6) is 0.177. The largest absolute Gasteiger partial charge is 0.492 e. The standard InChI is InChI=1S/C17H18ClFN4O/c1-4-15(12-9-21-22(2)10-12)23-6-5-20-17(23)11-7-13(18)16(24-3)14(19)8-11/h5-10,15H,4H2,1-3H3/t15-/m1/s1. The first-order valence-electron chi connectivity index (χ1n) is 7.60. The fourth-order valence-corrected chi connectivity index (χ4v) is 3.16. The summed E-state index contributed by atoms with van der Waals surface area (Å²) in [4.78, 5) is 4.39. The zero-order chi connectivity index (χ0) is 17.3. The molecule has 0 aliphatic heterocycles. The van der Waals surface area contributed by atoms with Gasteiger partial charge in [0.15, 0.2) is 11.6 Å². The number of ether oxygens (including phenoxy) is 1. The Hall–Kier alpha value is -2.34. The molecule has 3 aromatic rings. The van der Waals surface area contributed by atoms with Crippen molar-refractivity contribution in [2.75, 3.05) is 7.11 Å². The van der Waals surface area contributed by atoms with Gasteiger partial charge in [-0.25, -0.2) is 9.37 Å². The van der Waals surface area contributed by atoms with E-state index in [-0.39, 0.29) is 16.8 Å². The van der Waals surface area contributed by atoms with Crippen molar-refractivity contribution in [3.8, 4) is 17.1 Å². The number of hydrogen-bond acceptors (Lipinski definition) is 3. The van der Waals surface area contributed by atoms with Crippen molar-refractivity contribution >= 4 is 11.6 Å². The Balaban J connectivity index is 2.07. The fourth-order valence-electron chi connectivity index (χ4n) is 2.88. The molecule has 2 aromatic heterocycles. The van der Waals surface area contributed by atoms with Crippen molar-refractivity contribution in [1.29, 1.82) is 0 Å². The molecule has 7 heteroatoms. The summed E-state index contributed by atoms with van der Waals surface area (Å²) >= 11 is 6.12. The molecule has 0 unspecified atom stereocenters. The van der Waals surface area contributed by atoms with Gasteiger partial charge in [0.1, 0.15) is 5.82 Å². The molecular formula is C17H18ClFN4O. The highest BCUT2D eigenvalue weighted by Crippen LogP contribution is 2.34. The van der Waals surface area contributed by atoms with Gasteiger partial charge in [0.25, 0.3) is 0 Å². The second-order valence-corrected chi connectivity index (χ2v) is 5.91. The van der Waals surface area contributed by atoms with Gasteiger partial charge in [0.2, 0.25) is 0 Å². The number of rotatable bonds is 5. The summed E-state index contributed by atoms with van der Waals surface area (Å²) in [5, 5.41) is 4.45. The SMILES string of the molecule is CC[C@H](c1cnn(C)c1)n1ccnc1-c1cc(F)c(OC)c(Cl)c1. The molecule has 3 rings (SSSR count). The molecule has 0 spiro atoms. The van der Waals surface area contributed by atoms with Crippen molar-refractivity contribution in [3.63, 3.8) is 0 Å². The van der Waals surface area contributed by atoms with Gasteiger partial charge < -0.3 is 9.30 Å². The summed E-state index contributed by atoms with van der Waals surface area (Å²) in [6, 6.07) is 3.11. The predicted octanol–water partition coefficient (Wildman–Crippen LogP) is 4.08. The van der Waals surface area contributed by atoms with E-state index >= 15 is 0 Å². The summed E-state index contributed by atoms with van der Waals surface area (Å²) < 4.78 is 22.9. The van der Waals surface area contributed by atoms with Crippen LogP contribution in [0.15, 0.2) is 36.9 Å². The van der Waals surface area contributed by atoms with E-state index in [1.165, 1.54) is 13.2 Å². The van der Waals surface area contributed by atoms with Gasteiger partial charge in [-0.3, -0.25) is 4.68 Å². The average Bonchev–Trinajstić information content (AvgIpc) is 3.18. The summed E-state index contributed by atoms with van der Waals surface area (Å²) in [7, 11) is 3.27. The van der Waals surface area contributed by atoms with Crippen LogP contribution in [0.25, 0.3) is 11.4 Å². The van der Waals surface area contributed by atoms with E-state index < -0.39 is 5.82 Å². The Morgan fingerprint density at radius 3 is 2.75 bits per heavy atom. The molecule has 0 radical (unpaired) electrons. The van der Waals surface area contributed by atoms with Crippen LogP contribution in [0.4, 0.5) is 4.39 Å². The molecule has 0 saturated heterocycles. The normalized spacial score (nSPS) is 12.4. The van der Waals surface area contributed by atoms with Gasteiger partial charge >= 0.3 is 0 Å². The maximum Gasteiger partial charge on any atom is 0.173 e.